The highest BCUT2D eigenvalue weighted by molar-refractivity contribution is 9.10. The van der Waals surface area contributed by atoms with Crippen molar-refractivity contribution in [2.24, 2.45) is 28.5 Å². The first kappa shape index (κ1) is 102. The van der Waals surface area contributed by atoms with Crippen LogP contribution in [-0.2, 0) is 120 Å². The number of cyclic esters (lactones) is 1. The van der Waals surface area contributed by atoms with Crippen LogP contribution < -0.4 is 86.3 Å². The van der Waals surface area contributed by atoms with Gasteiger partial charge in [-0.25, -0.2) is 0 Å². The van der Waals surface area contributed by atoms with Gasteiger partial charge >= 0.3 is 5.97 Å². The maximum Gasteiger partial charge on any atom is 0.325 e. The number of nitrogens with two attached hydrogens (primary N) is 3. The summed E-state index contributed by atoms with van der Waals surface area (Å²) in [5.41, 5.74) is 13.4. The molecule has 17 amide bonds. The number of benzene rings is 3. The number of hydrogen-bond acceptors (Lipinski definition) is 24. The predicted octanol–water partition coefficient (Wildman–Crippen LogP) is -5.96. The number of likely N-dealkylation sites (N-methyl/N-ethyl adjacent to an activating group) is 2. The number of halogens is 1. The summed E-state index contributed by atoms with van der Waals surface area (Å²) in [7, 11) is -3.60. The molecule has 46 heteroatoms. The first-order valence-corrected chi connectivity index (χ1v) is 42.3. The number of ether oxygens (including phenoxy) is 1. The summed E-state index contributed by atoms with van der Waals surface area (Å²) in [6, 6.07) is -3.27. The number of nitrogens with zero attached hydrogens (tertiary/aromatic N) is 3. The fraction of sp³-hybridized carbons (Fsp3) is 0.532. The van der Waals surface area contributed by atoms with Crippen molar-refractivity contribution in [2.75, 3.05) is 44.8 Å². The Hall–Kier alpha value is -12.3. The highest BCUT2D eigenvalue weighted by Gasteiger charge is 2.51. The van der Waals surface area contributed by atoms with Gasteiger partial charge in [0.15, 0.2) is 11.6 Å². The lowest BCUT2D eigenvalue weighted by Gasteiger charge is -2.35. The Bertz CT molecular complexity index is 4640. The third-order valence-corrected chi connectivity index (χ3v) is 22.1. The lowest BCUT2D eigenvalue weighted by molar-refractivity contribution is -0.158. The van der Waals surface area contributed by atoms with Crippen molar-refractivity contribution in [1.82, 2.24) is 78.5 Å². The SMILES string of the molecule is CC(C)[C@@H](NC(=O)[C@@H]1CCCN1C(=O)[C@H](Cc1ccc(Br)cc1)NC(=O)[C@@H](C)NC=O)C(=O)N[C@H](C(=O)N[C@H](C[C@]1(O)C(=O)Nc2ccccc21)C(=O)N[C@@H](CCCNC(=N)N)C(=O)N[C@H](CS(=O)(=O)O)C(=O)N[C@@H]1C(=O)N(C)[C@@H](CCC(N)=O)C(=O)N[C@H](Cc2ccccc2)C(=O)N[C@@H]([C@@H](C)O)C(=O)N[C@@H](CC(N)=O)C(=O)N(C)CC(=O)O[C@@H]1C)C(C)(C)C. The summed E-state index contributed by atoms with van der Waals surface area (Å²) in [6.45, 7) is 9.70. The zero-order chi connectivity index (χ0) is 93.4. The maximum atomic E-state index is 15.4. The van der Waals surface area contributed by atoms with Crippen LogP contribution in [0.1, 0.15) is 123 Å². The number of hydrogen-bond donors (Lipinski definition) is 20. The zero-order valence-corrected chi connectivity index (χ0v) is 72.9. The minimum absolute atomic E-state index is 0.0421. The number of amides is 17. The summed E-state index contributed by atoms with van der Waals surface area (Å²) in [5.74, 6) is -23.3. The van der Waals surface area contributed by atoms with E-state index in [1.54, 1.807) is 56.3 Å². The molecule has 125 heavy (non-hydrogen) atoms. The molecule has 2 fully saturated rings. The number of nitrogens with one attached hydrogen (secondary N) is 14. The molecular weight excluding hydrogens is 1720 g/mol. The Balaban J connectivity index is 1.38. The number of para-hydroxylation sites is 1. The van der Waals surface area contributed by atoms with Crippen molar-refractivity contribution < 1.29 is 114 Å². The molecule has 44 nitrogen and oxygen atoms in total. The molecule has 3 heterocycles. The van der Waals surface area contributed by atoms with Gasteiger partial charge in [-0.05, 0) is 93.5 Å². The summed E-state index contributed by atoms with van der Waals surface area (Å²) in [5, 5.41) is 62.6. The van der Waals surface area contributed by atoms with Crippen LogP contribution in [0.2, 0.25) is 0 Å². The van der Waals surface area contributed by atoms with Gasteiger partial charge < -0.3 is 116 Å². The summed E-state index contributed by atoms with van der Waals surface area (Å²) < 4.78 is 43.1. The van der Waals surface area contributed by atoms with Crippen molar-refractivity contribution in [1.29, 1.82) is 5.41 Å². The molecule has 0 saturated carbocycles. The molecule has 3 aromatic rings. The van der Waals surface area contributed by atoms with E-state index in [-0.39, 0.29) is 43.6 Å². The summed E-state index contributed by atoms with van der Waals surface area (Å²) in [6.07, 6.45) is -7.81. The molecule has 3 aliphatic heterocycles. The number of esters is 1. The number of primary amides is 2. The standard InChI is InChI=1S/C79H111BrN20O24S/c1-39(2)59(94-69(112)55-23-17-31-100(55)74(117)50(89-63(106)40(3)86-38-101)33-44-24-26-45(80)27-25-44)70(113)97-62(78(6,7)8)72(115)91-52(35-79(120)46-20-14-15-21-47(46)93-76(79)119)66(109)87-48(22-16-30-85-77(83)84)64(107)92-53(37-125(121,122)123)67(110)96-61-42(5)124-58(105)36-98(9)73(116)51(34-57(82)104)90-71(114)60(41(4)102)95-65(108)49(32-43-18-12-11-13-19-43)88-68(111)54(28-29-56(81)103)99(10)75(61)118/h11-15,18-21,24-27,38-42,48-55,59-62,102,120H,16-17,22-23,28-37H2,1-10H3,(H2,81,103)(H2,82,104)(H,86,101)(H,87,109)(H,88,111)(H,89,106)(H,90,114)(H,91,115)(H,92,107)(H,93,119)(H,94,112)(H,95,108)(H,96,110)(H,97,113)(H4,83,84,85)(H,121,122,123)/t40-,41-,42-,48+,49-,50+,51+,52-,53-,54+,55+,59-,60+,61+,62-,79-/m1/s1. The molecule has 684 valence electrons. The van der Waals surface area contributed by atoms with Crippen LogP contribution in [0.3, 0.4) is 0 Å². The second-order valence-corrected chi connectivity index (χ2v) is 34.6. The van der Waals surface area contributed by atoms with Crippen LogP contribution in [0.25, 0.3) is 0 Å². The highest BCUT2D eigenvalue weighted by Crippen LogP contribution is 2.39. The monoisotopic (exact) mass is 1830 g/mol. The molecule has 0 aliphatic carbocycles. The highest BCUT2D eigenvalue weighted by atomic mass is 79.9. The first-order chi connectivity index (χ1) is 58.4. The van der Waals surface area contributed by atoms with Gasteiger partial charge in [0.2, 0.25) is 95.0 Å². The normalized spacial score (nSPS) is 21.8. The average Bonchev–Trinajstić information content (AvgIpc) is 1.61. The average molecular weight is 1840 g/mol. The molecule has 23 N–H and O–H groups in total. The molecule has 3 aromatic carbocycles. The van der Waals surface area contributed by atoms with Crippen LogP contribution in [0.15, 0.2) is 83.3 Å². The van der Waals surface area contributed by atoms with Gasteiger partial charge in [0.25, 0.3) is 16.0 Å². The van der Waals surface area contributed by atoms with Crippen LogP contribution in [0.5, 0.6) is 0 Å². The van der Waals surface area contributed by atoms with Gasteiger partial charge in [-0.1, -0.05) is 111 Å². The Kier molecular flexibility index (Phi) is 36.8. The van der Waals surface area contributed by atoms with E-state index in [1.165, 1.54) is 69.0 Å². The van der Waals surface area contributed by atoms with E-state index in [2.05, 4.69) is 85.0 Å². The Morgan fingerprint density at radius 2 is 1.33 bits per heavy atom. The fourth-order valence-corrected chi connectivity index (χ4v) is 14.9. The topological polar surface area (TPSA) is 679 Å². The van der Waals surface area contributed by atoms with E-state index in [4.69, 9.17) is 27.3 Å². The second-order valence-electron chi connectivity index (χ2n) is 32.2. The third kappa shape index (κ3) is 29.4. The minimum atomic E-state index is -5.51. The number of fused-ring (bicyclic) bond motifs is 1. The second kappa shape index (κ2) is 45.4. The molecular formula is C79H111BrN20O24S. The van der Waals surface area contributed by atoms with E-state index in [0.717, 1.165) is 32.4 Å². The quantitative estimate of drug-likeness (QED) is 0.00644. The number of carbonyl (C=O) groups is 18. The Morgan fingerprint density at radius 3 is 1.93 bits per heavy atom. The molecule has 0 spiro atoms. The molecule has 3 aliphatic rings. The molecule has 2 saturated heterocycles. The van der Waals surface area contributed by atoms with Crippen molar-refractivity contribution in [3.05, 3.63) is 100 Å². The van der Waals surface area contributed by atoms with E-state index >= 15 is 24.0 Å². The number of aliphatic hydroxyl groups excluding tert-OH is 1. The lowest BCUT2D eigenvalue weighted by atomic mass is 9.84. The smallest absolute Gasteiger partial charge is 0.325 e. The number of guanidine groups is 1. The molecule has 16 atom stereocenters. The Labute approximate surface area is 728 Å². The van der Waals surface area contributed by atoms with Crippen molar-refractivity contribution in [3.63, 3.8) is 0 Å². The van der Waals surface area contributed by atoms with E-state index in [9.17, 15) is 85.5 Å². The number of aliphatic hydroxyl groups is 2. The van der Waals surface area contributed by atoms with Gasteiger partial charge in [0, 0.05) is 68.6 Å². The van der Waals surface area contributed by atoms with Crippen LogP contribution in [0, 0.1) is 16.7 Å². The third-order valence-electron chi connectivity index (χ3n) is 20.8. The molecule has 6 rings (SSSR count). The van der Waals surface area contributed by atoms with Crippen LogP contribution in [-0.4, -0.2) is 281 Å². The van der Waals surface area contributed by atoms with E-state index < -0.39 is 275 Å². The molecule has 0 bridgehead atoms. The largest absolute Gasteiger partial charge is 0.459 e. The number of rotatable bonds is 36. The fourth-order valence-electron chi connectivity index (χ4n) is 14.0. The van der Waals surface area contributed by atoms with Gasteiger partial charge in [-0.3, -0.25) is 96.3 Å². The van der Waals surface area contributed by atoms with E-state index in [1.807, 2.05) is 0 Å². The van der Waals surface area contributed by atoms with Gasteiger partial charge in [-0.15, -0.1) is 0 Å². The zero-order valence-electron chi connectivity index (χ0n) is 70.5. The summed E-state index contributed by atoms with van der Waals surface area (Å²) in [4.78, 5) is 258. The molecule has 0 aromatic heterocycles. The van der Waals surface area contributed by atoms with Crippen molar-refractivity contribution >= 4 is 145 Å². The first-order valence-electron chi connectivity index (χ1n) is 39.9. The molecule has 0 radical (unpaired) electrons. The number of anilines is 1. The minimum Gasteiger partial charge on any atom is -0.459 e. The predicted molar refractivity (Wildman–Crippen MR) is 448 cm³/mol. The van der Waals surface area contributed by atoms with Crippen molar-refractivity contribution in [3.8, 4) is 0 Å². The molecule has 0 unspecified atom stereocenters. The Morgan fingerprint density at radius 1 is 0.720 bits per heavy atom. The van der Waals surface area contributed by atoms with Gasteiger partial charge in [0.1, 0.15) is 96.9 Å². The van der Waals surface area contributed by atoms with E-state index in [0.29, 0.717) is 33.8 Å². The lowest BCUT2D eigenvalue weighted by Crippen LogP contribution is -2.64. The number of likely N-dealkylation sites (tertiary alicyclic amines) is 1. The summed E-state index contributed by atoms with van der Waals surface area (Å²) >= 11 is 3.38. The maximum absolute atomic E-state index is 15.4. The van der Waals surface area contributed by atoms with Crippen molar-refractivity contribution in [2.45, 2.75) is 216 Å². The number of carbonyl (C=O) groups excluding carboxylic acids is 18. The van der Waals surface area contributed by atoms with Crippen LogP contribution in [0.4, 0.5) is 5.69 Å². The van der Waals surface area contributed by atoms with Gasteiger partial charge in [-0.2, -0.15) is 8.42 Å². The van der Waals surface area contributed by atoms with Gasteiger partial charge in [0.05, 0.1) is 12.5 Å². The van der Waals surface area contributed by atoms with Crippen LogP contribution >= 0.6 is 15.9 Å².